The Morgan fingerprint density at radius 1 is 1.42 bits per heavy atom. The fourth-order valence-corrected chi connectivity index (χ4v) is 2.35. The van der Waals surface area contributed by atoms with E-state index >= 15 is 0 Å². The van der Waals surface area contributed by atoms with Crippen LogP contribution in [0.15, 0.2) is 18.2 Å². The number of nitrogens with zero attached hydrogens (tertiary/aromatic N) is 1. The summed E-state index contributed by atoms with van der Waals surface area (Å²) in [5.41, 5.74) is 2.65. The van der Waals surface area contributed by atoms with E-state index in [4.69, 9.17) is 10.6 Å². The minimum absolute atomic E-state index is 0.00107. The molecule has 0 fully saturated rings. The molecule has 1 aromatic rings. The van der Waals surface area contributed by atoms with Crippen molar-refractivity contribution in [3.8, 4) is 5.75 Å². The van der Waals surface area contributed by atoms with E-state index in [1.807, 2.05) is 0 Å². The van der Waals surface area contributed by atoms with Crippen LogP contribution < -0.4 is 10.6 Å². The van der Waals surface area contributed by atoms with Crippen molar-refractivity contribution >= 4 is 5.91 Å². The number of fused-ring (bicyclic) bond motifs is 1. The third-order valence-corrected chi connectivity index (χ3v) is 3.47. The molecule has 1 aliphatic rings. The van der Waals surface area contributed by atoms with Gasteiger partial charge in [0.1, 0.15) is 5.75 Å². The van der Waals surface area contributed by atoms with Crippen LogP contribution in [0.2, 0.25) is 0 Å². The first-order valence-corrected chi connectivity index (χ1v) is 6.92. The minimum Gasteiger partial charge on any atom is -0.493 e. The smallest absolute Gasteiger partial charge is 0.236 e. The summed E-state index contributed by atoms with van der Waals surface area (Å²) in [6.45, 7) is 0.834. The monoisotopic (exact) mass is 262 g/mol. The Kier molecular flexibility index (Phi) is 4.80. The van der Waals surface area contributed by atoms with E-state index in [1.165, 1.54) is 11.1 Å². The van der Waals surface area contributed by atoms with Crippen molar-refractivity contribution in [1.29, 1.82) is 0 Å². The maximum atomic E-state index is 11.3. The molecule has 1 aromatic carbocycles. The number of nitrogens with two attached hydrogens (primary N) is 1. The molecule has 4 nitrogen and oxygen atoms in total. The molecule has 0 aromatic heterocycles. The van der Waals surface area contributed by atoms with E-state index in [0.717, 1.165) is 49.5 Å². The number of hydrogen-bond acceptors (Lipinski definition) is 3. The molecule has 0 saturated heterocycles. The quantitative estimate of drug-likeness (QED) is 0.382. The van der Waals surface area contributed by atoms with Gasteiger partial charge in [0.25, 0.3) is 0 Å². The Morgan fingerprint density at radius 3 is 3.05 bits per heavy atom. The lowest BCUT2D eigenvalue weighted by atomic mass is 10.00. The zero-order chi connectivity index (χ0) is 13.7. The number of carbonyl (C=O) groups is 1. The molecule has 0 spiro atoms. The Morgan fingerprint density at radius 2 is 2.26 bits per heavy atom. The number of hydrogen-bond donors (Lipinski definition) is 1. The molecule has 1 amide bonds. The first kappa shape index (κ1) is 13.9. The summed E-state index contributed by atoms with van der Waals surface area (Å²) >= 11 is 0. The lowest BCUT2D eigenvalue weighted by Gasteiger charge is -2.17. The summed E-state index contributed by atoms with van der Waals surface area (Å²) in [6, 6.07) is 6.44. The molecule has 0 radical (unpaired) electrons. The highest BCUT2D eigenvalue weighted by Gasteiger charge is 2.10. The molecule has 2 rings (SSSR count). The number of aryl methyl sites for hydroxylation is 2. The molecule has 4 heteroatoms. The average Bonchev–Trinajstić information content (AvgIpc) is 2.43. The largest absolute Gasteiger partial charge is 0.493 e. The Hall–Kier alpha value is -1.55. The van der Waals surface area contributed by atoms with E-state index in [9.17, 15) is 4.79 Å². The van der Waals surface area contributed by atoms with Crippen LogP contribution in [0.25, 0.3) is 0 Å². The second-order valence-corrected chi connectivity index (χ2v) is 5.11. The first-order chi connectivity index (χ1) is 9.16. The molecule has 104 valence electrons. The van der Waals surface area contributed by atoms with Crippen molar-refractivity contribution in [2.24, 2.45) is 5.84 Å². The summed E-state index contributed by atoms with van der Waals surface area (Å²) < 4.78 is 5.60. The minimum atomic E-state index is -0.00107. The fraction of sp³-hybridized carbons (Fsp3) is 0.533. The van der Waals surface area contributed by atoms with Crippen molar-refractivity contribution in [2.75, 3.05) is 13.7 Å². The van der Waals surface area contributed by atoms with E-state index in [2.05, 4.69) is 18.2 Å². The van der Waals surface area contributed by atoms with E-state index in [1.54, 1.807) is 7.05 Å². The van der Waals surface area contributed by atoms with Gasteiger partial charge in [0, 0.05) is 13.5 Å². The maximum Gasteiger partial charge on any atom is 0.236 e. The second-order valence-electron chi connectivity index (χ2n) is 5.11. The van der Waals surface area contributed by atoms with Crippen molar-refractivity contribution in [3.63, 3.8) is 0 Å². The third-order valence-electron chi connectivity index (χ3n) is 3.47. The summed E-state index contributed by atoms with van der Waals surface area (Å²) in [7, 11) is 1.59. The molecule has 0 unspecified atom stereocenters. The van der Waals surface area contributed by atoms with Gasteiger partial charge in [0.15, 0.2) is 0 Å². The van der Waals surface area contributed by atoms with Crippen LogP contribution in [0.1, 0.15) is 36.8 Å². The van der Waals surface area contributed by atoms with Gasteiger partial charge in [-0.15, -0.1) is 0 Å². The molecular formula is C15H22N2O2. The maximum absolute atomic E-state index is 11.3. The number of unbranched alkanes of at least 4 members (excludes halogenated alkanes) is 1. The van der Waals surface area contributed by atoms with Crippen molar-refractivity contribution in [1.82, 2.24) is 5.01 Å². The van der Waals surface area contributed by atoms with Gasteiger partial charge < -0.3 is 4.74 Å². The fourth-order valence-electron chi connectivity index (χ4n) is 2.35. The number of carbonyl (C=O) groups excluding carboxylic acids is 1. The number of amides is 1. The standard InChI is InChI=1S/C15H22N2O2/c1-17(16)15(18)7-3-2-5-12-8-9-14-13(11-12)6-4-10-19-14/h8-9,11H,2-7,10,16H2,1H3. The van der Waals surface area contributed by atoms with Gasteiger partial charge in [-0.3, -0.25) is 9.80 Å². The first-order valence-electron chi connectivity index (χ1n) is 6.92. The van der Waals surface area contributed by atoms with Gasteiger partial charge in [0.05, 0.1) is 6.61 Å². The Bertz CT molecular complexity index is 444. The number of hydrazine groups is 1. The molecule has 0 atom stereocenters. The summed E-state index contributed by atoms with van der Waals surface area (Å²) in [5.74, 6) is 6.41. The van der Waals surface area contributed by atoms with Gasteiger partial charge >= 0.3 is 0 Å². The van der Waals surface area contributed by atoms with Gasteiger partial charge in [-0.2, -0.15) is 0 Å². The van der Waals surface area contributed by atoms with Crippen LogP contribution in [0.3, 0.4) is 0 Å². The van der Waals surface area contributed by atoms with Crippen molar-refractivity contribution in [2.45, 2.75) is 38.5 Å². The third kappa shape index (κ3) is 3.96. The average molecular weight is 262 g/mol. The molecule has 2 N–H and O–H groups in total. The lowest BCUT2D eigenvalue weighted by molar-refractivity contribution is -0.130. The SMILES string of the molecule is CN(N)C(=O)CCCCc1ccc2c(c1)CCCO2. The highest BCUT2D eigenvalue weighted by Crippen LogP contribution is 2.26. The normalized spacial score (nSPS) is 13.6. The summed E-state index contributed by atoms with van der Waals surface area (Å²) in [4.78, 5) is 11.3. The predicted molar refractivity (Wildman–Crippen MR) is 74.8 cm³/mol. The van der Waals surface area contributed by atoms with E-state index in [0.29, 0.717) is 6.42 Å². The Balaban J connectivity index is 1.79. The summed E-state index contributed by atoms with van der Waals surface area (Å²) in [6.07, 6.45) is 5.65. The van der Waals surface area contributed by atoms with Gasteiger partial charge in [-0.1, -0.05) is 12.1 Å². The predicted octanol–water partition coefficient (Wildman–Crippen LogP) is 2.06. The van der Waals surface area contributed by atoms with E-state index in [-0.39, 0.29) is 5.91 Å². The van der Waals surface area contributed by atoms with Crippen LogP contribution in [-0.4, -0.2) is 24.6 Å². The van der Waals surface area contributed by atoms with Crippen LogP contribution >= 0.6 is 0 Å². The molecule has 1 heterocycles. The Labute approximate surface area is 114 Å². The number of benzene rings is 1. The second kappa shape index (κ2) is 6.57. The summed E-state index contributed by atoms with van der Waals surface area (Å²) in [5, 5.41) is 1.16. The molecule has 0 saturated carbocycles. The molecule has 0 bridgehead atoms. The topological polar surface area (TPSA) is 55.6 Å². The highest BCUT2D eigenvalue weighted by molar-refractivity contribution is 5.75. The van der Waals surface area contributed by atoms with Crippen molar-refractivity contribution in [3.05, 3.63) is 29.3 Å². The molecule has 0 aliphatic carbocycles. The van der Waals surface area contributed by atoms with E-state index < -0.39 is 0 Å². The zero-order valence-electron chi connectivity index (χ0n) is 11.5. The number of rotatable bonds is 5. The van der Waals surface area contributed by atoms with Gasteiger partial charge in [-0.25, -0.2) is 5.84 Å². The van der Waals surface area contributed by atoms with Crippen molar-refractivity contribution < 1.29 is 9.53 Å². The lowest BCUT2D eigenvalue weighted by Crippen LogP contribution is -2.32. The van der Waals surface area contributed by atoms with Crippen LogP contribution in [-0.2, 0) is 17.6 Å². The van der Waals surface area contributed by atoms with Gasteiger partial charge in [-0.05, 0) is 49.3 Å². The molecule has 1 aliphatic heterocycles. The van der Waals surface area contributed by atoms with Crippen LogP contribution in [0.4, 0.5) is 0 Å². The molecular weight excluding hydrogens is 240 g/mol. The highest BCUT2D eigenvalue weighted by atomic mass is 16.5. The van der Waals surface area contributed by atoms with Crippen LogP contribution in [0, 0.1) is 0 Å². The number of ether oxygens (including phenoxy) is 1. The zero-order valence-corrected chi connectivity index (χ0v) is 11.5. The molecule has 19 heavy (non-hydrogen) atoms. The van der Waals surface area contributed by atoms with Gasteiger partial charge in [0.2, 0.25) is 5.91 Å². The van der Waals surface area contributed by atoms with Crippen LogP contribution in [0.5, 0.6) is 5.75 Å².